The van der Waals surface area contributed by atoms with Crippen molar-refractivity contribution in [3.8, 4) is 11.4 Å². The van der Waals surface area contributed by atoms with Gasteiger partial charge in [-0.2, -0.15) is 0 Å². The molecule has 0 aliphatic heterocycles. The van der Waals surface area contributed by atoms with Gasteiger partial charge in [0.1, 0.15) is 5.75 Å². The van der Waals surface area contributed by atoms with Crippen molar-refractivity contribution in [1.29, 1.82) is 0 Å². The zero-order valence-electron chi connectivity index (χ0n) is 11.7. The Balaban J connectivity index is 2.14. The summed E-state index contributed by atoms with van der Waals surface area (Å²) in [6, 6.07) is 12.3. The molecule has 3 heteroatoms. The number of hydrogen-bond acceptors (Lipinski definition) is 2. The van der Waals surface area contributed by atoms with E-state index in [4.69, 9.17) is 4.74 Å². The molecule has 0 unspecified atom stereocenters. The normalized spacial score (nSPS) is 10.6. The van der Waals surface area contributed by atoms with Crippen LogP contribution in [0.2, 0.25) is 0 Å². The average molecular weight is 258 g/mol. The molecule has 0 spiro atoms. The molecule has 1 N–H and O–H groups in total. The lowest BCUT2D eigenvalue weighted by molar-refractivity contribution is 0.412. The maximum Gasteiger partial charge on any atom is 0.142 e. The van der Waals surface area contributed by atoms with E-state index in [2.05, 4.69) is 41.2 Å². The largest absolute Gasteiger partial charge is 0.495 e. The van der Waals surface area contributed by atoms with Crippen LogP contribution in [0.15, 0.2) is 42.6 Å². The lowest BCUT2D eigenvalue weighted by atomic mass is 10.2. The molecule has 0 bridgehead atoms. The van der Waals surface area contributed by atoms with E-state index in [1.54, 1.807) is 7.11 Å². The van der Waals surface area contributed by atoms with Crippen LogP contribution in [0.3, 0.4) is 0 Å². The minimum Gasteiger partial charge on any atom is -0.495 e. The smallest absolute Gasteiger partial charge is 0.142 e. The van der Waals surface area contributed by atoms with Gasteiger partial charge in [0.25, 0.3) is 0 Å². The lowest BCUT2D eigenvalue weighted by Gasteiger charge is -2.13. The van der Waals surface area contributed by atoms with Gasteiger partial charge in [0.05, 0.1) is 12.8 Å². The topological polar surface area (TPSA) is 26.2 Å². The first-order chi connectivity index (χ1) is 9.36. The van der Waals surface area contributed by atoms with E-state index in [0.29, 0.717) is 0 Å². The summed E-state index contributed by atoms with van der Waals surface area (Å²) in [7, 11) is 1.71. The van der Waals surface area contributed by atoms with Crippen molar-refractivity contribution >= 4 is 0 Å². The van der Waals surface area contributed by atoms with Gasteiger partial charge in [-0.3, -0.25) is 0 Å². The molecule has 0 amide bonds. The lowest BCUT2D eigenvalue weighted by Crippen LogP contribution is -2.16. The Hall–Kier alpha value is -1.74. The SMILES string of the molecule is CCCCNCc1cccn1-c1ccccc1OC. The second-order valence-corrected chi connectivity index (χ2v) is 4.57. The summed E-state index contributed by atoms with van der Waals surface area (Å²) in [5, 5.41) is 3.47. The Morgan fingerprint density at radius 1 is 1.16 bits per heavy atom. The molecule has 2 aromatic rings. The number of hydrogen-bond donors (Lipinski definition) is 1. The summed E-state index contributed by atoms with van der Waals surface area (Å²) >= 11 is 0. The number of benzene rings is 1. The number of rotatable bonds is 7. The molecule has 0 saturated heterocycles. The Bertz CT molecular complexity index is 505. The molecule has 3 nitrogen and oxygen atoms in total. The van der Waals surface area contributed by atoms with Gasteiger partial charge in [0, 0.05) is 18.4 Å². The van der Waals surface area contributed by atoms with Gasteiger partial charge in [-0.05, 0) is 37.2 Å². The molecule has 0 radical (unpaired) electrons. The molecule has 1 aromatic heterocycles. The number of nitrogens with zero attached hydrogens (tertiary/aromatic N) is 1. The third-order valence-corrected chi connectivity index (χ3v) is 3.19. The maximum atomic E-state index is 5.43. The van der Waals surface area contributed by atoms with Crippen molar-refractivity contribution in [2.24, 2.45) is 0 Å². The second-order valence-electron chi connectivity index (χ2n) is 4.57. The molecule has 19 heavy (non-hydrogen) atoms. The molecule has 0 fully saturated rings. The Kier molecular flexibility index (Phi) is 5.04. The Morgan fingerprint density at radius 2 is 2.00 bits per heavy atom. The fraction of sp³-hybridized carbons (Fsp3) is 0.375. The van der Waals surface area contributed by atoms with Crippen LogP contribution < -0.4 is 10.1 Å². The van der Waals surface area contributed by atoms with Gasteiger partial charge in [-0.15, -0.1) is 0 Å². The molecular weight excluding hydrogens is 236 g/mol. The van der Waals surface area contributed by atoms with Gasteiger partial charge in [0.15, 0.2) is 0 Å². The summed E-state index contributed by atoms with van der Waals surface area (Å²) in [6.07, 6.45) is 4.52. The molecule has 102 valence electrons. The predicted octanol–water partition coefficient (Wildman–Crippen LogP) is 3.38. The van der Waals surface area contributed by atoms with E-state index in [9.17, 15) is 0 Å². The van der Waals surface area contributed by atoms with Crippen molar-refractivity contribution in [2.45, 2.75) is 26.3 Å². The van der Waals surface area contributed by atoms with Crippen LogP contribution in [-0.2, 0) is 6.54 Å². The number of unbranched alkanes of at least 4 members (excludes halogenated alkanes) is 1. The third-order valence-electron chi connectivity index (χ3n) is 3.19. The van der Waals surface area contributed by atoms with Gasteiger partial charge >= 0.3 is 0 Å². The fourth-order valence-corrected chi connectivity index (χ4v) is 2.14. The molecule has 1 heterocycles. The Labute approximate surface area is 115 Å². The van der Waals surface area contributed by atoms with Crippen LogP contribution in [0, 0.1) is 0 Å². The summed E-state index contributed by atoms with van der Waals surface area (Å²) in [6.45, 7) is 4.15. The van der Waals surface area contributed by atoms with Gasteiger partial charge in [-0.25, -0.2) is 0 Å². The Morgan fingerprint density at radius 3 is 2.79 bits per heavy atom. The van der Waals surface area contributed by atoms with E-state index in [0.717, 1.165) is 24.5 Å². The second kappa shape index (κ2) is 7.00. The van der Waals surface area contributed by atoms with E-state index >= 15 is 0 Å². The number of methoxy groups -OCH3 is 1. The van der Waals surface area contributed by atoms with E-state index in [1.165, 1.54) is 18.5 Å². The monoisotopic (exact) mass is 258 g/mol. The first kappa shape index (κ1) is 13.7. The fourth-order valence-electron chi connectivity index (χ4n) is 2.14. The standard InChI is InChI=1S/C16H22N2O/c1-3-4-11-17-13-14-8-7-12-18(14)15-9-5-6-10-16(15)19-2/h5-10,12,17H,3-4,11,13H2,1-2H3. The van der Waals surface area contributed by atoms with Gasteiger partial charge in [-0.1, -0.05) is 25.5 Å². The van der Waals surface area contributed by atoms with Gasteiger partial charge in [0.2, 0.25) is 0 Å². The average Bonchev–Trinajstić information content (AvgIpc) is 2.92. The van der Waals surface area contributed by atoms with Crippen LogP contribution >= 0.6 is 0 Å². The minimum atomic E-state index is 0.880. The zero-order valence-corrected chi connectivity index (χ0v) is 11.7. The number of nitrogens with one attached hydrogen (secondary N) is 1. The van der Waals surface area contributed by atoms with E-state index < -0.39 is 0 Å². The predicted molar refractivity (Wildman–Crippen MR) is 78.9 cm³/mol. The highest BCUT2D eigenvalue weighted by atomic mass is 16.5. The van der Waals surface area contributed by atoms with Crippen LogP contribution in [0.25, 0.3) is 5.69 Å². The molecular formula is C16H22N2O. The van der Waals surface area contributed by atoms with Crippen LogP contribution in [0.1, 0.15) is 25.5 Å². The van der Waals surface area contributed by atoms with Crippen molar-refractivity contribution in [1.82, 2.24) is 9.88 Å². The summed E-state index contributed by atoms with van der Waals surface area (Å²) in [4.78, 5) is 0. The first-order valence-corrected chi connectivity index (χ1v) is 6.87. The highest BCUT2D eigenvalue weighted by Crippen LogP contribution is 2.23. The van der Waals surface area contributed by atoms with Crippen LogP contribution in [-0.4, -0.2) is 18.2 Å². The zero-order chi connectivity index (χ0) is 13.5. The van der Waals surface area contributed by atoms with Gasteiger partial charge < -0.3 is 14.6 Å². The summed E-state index contributed by atoms with van der Waals surface area (Å²) < 4.78 is 7.60. The summed E-state index contributed by atoms with van der Waals surface area (Å²) in [5.74, 6) is 0.897. The molecule has 2 rings (SSSR count). The third kappa shape index (κ3) is 3.38. The minimum absolute atomic E-state index is 0.880. The van der Waals surface area contributed by atoms with Crippen LogP contribution in [0.5, 0.6) is 5.75 Å². The molecule has 0 aliphatic carbocycles. The van der Waals surface area contributed by atoms with E-state index in [-0.39, 0.29) is 0 Å². The quantitative estimate of drug-likeness (QED) is 0.771. The molecule has 0 aliphatic rings. The number of aromatic nitrogens is 1. The van der Waals surface area contributed by atoms with Crippen molar-refractivity contribution in [2.75, 3.05) is 13.7 Å². The van der Waals surface area contributed by atoms with Crippen molar-refractivity contribution in [3.63, 3.8) is 0 Å². The number of ether oxygens (including phenoxy) is 1. The van der Waals surface area contributed by atoms with E-state index in [1.807, 2.05) is 18.2 Å². The number of para-hydroxylation sites is 2. The highest BCUT2D eigenvalue weighted by Gasteiger charge is 2.07. The molecule has 0 atom stereocenters. The van der Waals surface area contributed by atoms with Crippen molar-refractivity contribution in [3.05, 3.63) is 48.3 Å². The highest BCUT2D eigenvalue weighted by molar-refractivity contribution is 5.48. The first-order valence-electron chi connectivity index (χ1n) is 6.87. The van der Waals surface area contributed by atoms with Crippen molar-refractivity contribution < 1.29 is 4.74 Å². The summed E-state index contributed by atoms with van der Waals surface area (Å²) in [5.41, 5.74) is 2.34. The molecule has 1 aromatic carbocycles. The molecule has 0 saturated carbocycles. The van der Waals surface area contributed by atoms with Crippen LogP contribution in [0.4, 0.5) is 0 Å². The maximum absolute atomic E-state index is 5.43.